The second-order valence-electron chi connectivity index (χ2n) is 7.27. The van der Waals surface area contributed by atoms with E-state index in [-0.39, 0.29) is 5.69 Å². The summed E-state index contributed by atoms with van der Waals surface area (Å²) in [6, 6.07) is 15.7. The number of aliphatic imine (C=N–C) groups is 1. The molecule has 1 aromatic heterocycles. The predicted molar refractivity (Wildman–Crippen MR) is 114 cm³/mol. The zero-order chi connectivity index (χ0) is 21.4. The van der Waals surface area contributed by atoms with E-state index in [0.717, 1.165) is 22.0 Å². The number of rotatable bonds is 4. The predicted octanol–water partition coefficient (Wildman–Crippen LogP) is 4.83. The van der Waals surface area contributed by atoms with Crippen molar-refractivity contribution in [3.8, 4) is 0 Å². The standard InChI is InChI=1S/C23H19N3O4/c1-13-20(18-10-11-24-19-9-4-3-8-17(18)19)22(21(23(27)28)14(2)25-13)15-6-5-7-16(12-15)26(29)30/h3-12,21-22H,1-2H3,(H,27,28). The van der Waals surface area contributed by atoms with E-state index in [1.807, 2.05) is 37.3 Å². The number of allylic oxidation sites excluding steroid dienone is 2. The van der Waals surface area contributed by atoms with Gasteiger partial charge in [-0.05, 0) is 42.7 Å². The van der Waals surface area contributed by atoms with Crippen molar-refractivity contribution in [3.63, 3.8) is 0 Å². The molecule has 0 amide bonds. The van der Waals surface area contributed by atoms with E-state index >= 15 is 0 Å². The summed E-state index contributed by atoms with van der Waals surface area (Å²) >= 11 is 0. The number of nitro benzene ring substituents is 1. The van der Waals surface area contributed by atoms with Gasteiger partial charge in [-0.25, -0.2) is 0 Å². The highest BCUT2D eigenvalue weighted by Crippen LogP contribution is 2.46. The lowest BCUT2D eigenvalue weighted by Gasteiger charge is -2.32. The lowest BCUT2D eigenvalue weighted by Crippen LogP contribution is -2.32. The van der Waals surface area contributed by atoms with E-state index < -0.39 is 22.7 Å². The first kappa shape index (κ1) is 19.4. The lowest BCUT2D eigenvalue weighted by molar-refractivity contribution is -0.384. The summed E-state index contributed by atoms with van der Waals surface area (Å²) in [7, 11) is 0. The molecule has 2 atom stereocenters. The van der Waals surface area contributed by atoms with Crippen molar-refractivity contribution >= 4 is 33.8 Å². The highest BCUT2D eigenvalue weighted by Gasteiger charge is 2.39. The van der Waals surface area contributed by atoms with Crippen LogP contribution in [0.2, 0.25) is 0 Å². The molecule has 0 spiro atoms. The molecule has 0 radical (unpaired) electrons. The minimum atomic E-state index is -1.02. The SMILES string of the molecule is CC1=NC(C)=C(c2ccnc3ccccc23)C(c2cccc([N+](=O)[O-])c2)C1C(=O)O. The Morgan fingerprint density at radius 1 is 1.10 bits per heavy atom. The molecule has 0 bridgehead atoms. The highest BCUT2D eigenvalue weighted by atomic mass is 16.6. The summed E-state index contributed by atoms with van der Waals surface area (Å²) in [6.45, 7) is 3.53. The largest absolute Gasteiger partial charge is 0.481 e. The maximum absolute atomic E-state index is 12.3. The van der Waals surface area contributed by atoms with Crippen LogP contribution in [0.4, 0.5) is 5.69 Å². The van der Waals surface area contributed by atoms with Crippen LogP contribution in [-0.2, 0) is 4.79 Å². The van der Waals surface area contributed by atoms with Crippen LogP contribution in [0.3, 0.4) is 0 Å². The van der Waals surface area contributed by atoms with Crippen LogP contribution < -0.4 is 0 Å². The number of aromatic nitrogens is 1. The number of carbonyl (C=O) groups is 1. The molecule has 1 aliphatic heterocycles. The van der Waals surface area contributed by atoms with Gasteiger partial charge in [0.2, 0.25) is 0 Å². The van der Waals surface area contributed by atoms with Gasteiger partial charge in [-0.2, -0.15) is 0 Å². The van der Waals surface area contributed by atoms with Gasteiger partial charge >= 0.3 is 5.97 Å². The normalized spacial score (nSPS) is 18.9. The quantitative estimate of drug-likeness (QED) is 0.498. The van der Waals surface area contributed by atoms with Crippen molar-refractivity contribution < 1.29 is 14.8 Å². The molecule has 2 heterocycles. The Balaban J connectivity index is 2.02. The highest BCUT2D eigenvalue weighted by molar-refractivity contribution is 6.07. The second kappa shape index (κ2) is 7.51. The third-order valence-corrected chi connectivity index (χ3v) is 5.47. The Hall–Kier alpha value is -3.87. The number of pyridine rings is 1. The van der Waals surface area contributed by atoms with E-state index in [1.54, 1.807) is 25.3 Å². The topological polar surface area (TPSA) is 106 Å². The molecule has 1 aliphatic rings. The third-order valence-electron chi connectivity index (χ3n) is 5.47. The van der Waals surface area contributed by atoms with Crippen LogP contribution in [0.15, 0.2) is 71.5 Å². The van der Waals surface area contributed by atoms with Gasteiger partial charge in [0, 0.05) is 41.0 Å². The zero-order valence-electron chi connectivity index (χ0n) is 16.4. The fourth-order valence-electron chi connectivity index (χ4n) is 4.23. The number of aliphatic carboxylic acids is 1. The maximum atomic E-state index is 12.3. The number of fused-ring (bicyclic) bond motifs is 1. The Bertz CT molecular complexity index is 1240. The van der Waals surface area contributed by atoms with E-state index in [4.69, 9.17) is 0 Å². The van der Waals surface area contributed by atoms with Gasteiger partial charge in [-0.3, -0.25) is 24.9 Å². The summed E-state index contributed by atoms with van der Waals surface area (Å²) in [4.78, 5) is 32.1. The maximum Gasteiger partial charge on any atom is 0.313 e. The number of nitrogens with zero attached hydrogens (tertiary/aromatic N) is 3. The van der Waals surface area contributed by atoms with Crippen LogP contribution in [0.25, 0.3) is 16.5 Å². The summed E-state index contributed by atoms with van der Waals surface area (Å²) in [5.41, 5.74) is 4.02. The van der Waals surface area contributed by atoms with Crippen LogP contribution in [0, 0.1) is 16.0 Å². The second-order valence-corrected chi connectivity index (χ2v) is 7.27. The number of para-hydroxylation sites is 1. The van der Waals surface area contributed by atoms with Gasteiger partial charge in [0.15, 0.2) is 0 Å². The first-order valence-corrected chi connectivity index (χ1v) is 9.45. The first-order chi connectivity index (χ1) is 14.4. The molecule has 2 unspecified atom stereocenters. The van der Waals surface area contributed by atoms with Gasteiger partial charge in [-0.1, -0.05) is 30.3 Å². The van der Waals surface area contributed by atoms with E-state index in [0.29, 0.717) is 17.0 Å². The van der Waals surface area contributed by atoms with Crippen molar-refractivity contribution in [2.24, 2.45) is 10.9 Å². The molecule has 4 rings (SSSR count). The van der Waals surface area contributed by atoms with Crippen molar-refractivity contribution in [3.05, 3.63) is 87.7 Å². The molecule has 30 heavy (non-hydrogen) atoms. The minimum Gasteiger partial charge on any atom is -0.481 e. The van der Waals surface area contributed by atoms with Gasteiger partial charge in [0.05, 0.1) is 10.4 Å². The van der Waals surface area contributed by atoms with Gasteiger partial charge < -0.3 is 5.11 Å². The summed E-state index contributed by atoms with van der Waals surface area (Å²) in [5, 5.41) is 22.3. The Morgan fingerprint density at radius 2 is 1.87 bits per heavy atom. The molecule has 0 saturated heterocycles. The molecule has 7 heteroatoms. The fourth-order valence-corrected chi connectivity index (χ4v) is 4.23. The Morgan fingerprint density at radius 3 is 2.60 bits per heavy atom. The average Bonchev–Trinajstić information content (AvgIpc) is 2.72. The first-order valence-electron chi connectivity index (χ1n) is 9.45. The monoisotopic (exact) mass is 401 g/mol. The number of carboxylic acid groups (broad SMARTS) is 1. The van der Waals surface area contributed by atoms with Crippen molar-refractivity contribution in [2.45, 2.75) is 19.8 Å². The average molecular weight is 401 g/mol. The van der Waals surface area contributed by atoms with Gasteiger partial charge in [0.1, 0.15) is 5.92 Å². The van der Waals surface area contributed by atoms with Crippen LogP contribution in [0.1, 0.15) is 30.9 Å². The Kier molecular flexibility index (Phi) is 4.87. The molecule has 0 saturated carbocycles. The van der Waals surface area contributed by atoms with Gasteiger partial charge in [0.25, 0.3) is 5.69 Å². The number of benzene rings is 2. The van der Waals surface area contributed by atoms with Gasteiger partial charge in [-0.15, -0.1) is 0 Å². The van der Waals surface area contributed by atoms with E-state index in [2.05, 4.69) is 9.98 Å². The van der Waals surface area contributed by atoms with Crippen LogP contribution >= 0.6 is 0 Å². The number of hydrogen-bond acceptors (Lipinski definition) is 5. The molecule has 7 nitrogen and oxygen atoms in total. The summed E-state index contributed by atoms with van der Waals surface area (Å²) in [5.74, 6) is -2.57. The molecule has 150 valence electrons. The number of nitro groups is 1. The molecular weight excluding hydrogens is 382 g/mol. The summed E-state index contributed by atoms with van der Waals surface area (Å²) in [6.07, 6.45) is 1.68. The smallest absolute Gasteiger partial charge is 0.313 e. The number of hydrogen-bond donors (Lipinski definition) is 1. The summed E-state index contributed by atoms with van der Waals surface area (Å²) < 4.78 is 0. The van der Waals surface area contributed by atoms with Crippen molar-refractivity contribution in [1.82, 2.24) is 4.98 Å². The fraction of sp³-hybridized carbons (Fsp3) is 0.174. The Labute approximate surface area is 172 Å². The van der Waals surface area contributed by atoms with Crippen LogP contribution in [-0.4, -0.2) is 26.7 Å². The number of non-ortho nitro benzene ring substituents is 1. The molecule has 1 N–H and O–H groups in total. The molecule has 0 aliphatic carbocycles. The molecule has 0 fully saturated rings. The molecule has 2 aromatic carbocycles. The molecule has 3 aromatic rings. The minimum absolute atomic E-state index is 0.0756. The van der Waals surface area contributed by atoms with Crippen molar-refractivity contribution in [1.29, 1.82) is 0 Å². The lowest BCUT2D eigenvalue weighted by atomic mass is 9.73. The van der Waals surface area contributed by atoms with E-state index in [9.17, 15) is 20.0 Å². The zero-order valence-corrected chi connectivity index (χ0v) is 16.4. The van der Waals surface area contributed by atoms with Crippen LogP contribution in [0.5, 0.6) is 0 Å². The van der Waals surface area contributed by atoms with E-state index in [1.165, 1.54) is 12.1 Å². The third kappa shape index (κ3) is 3.24. The molecular formula is C23H19N3O4. The number of carboxylic acids is 1. The van der Waals surface area contributed by atoms with Crippen molar-refractivity contribution in [2.75, 3.05) is 0 Å².